The third-order valence-corrected chi connectivity index (χ3v) is 1.77. The molecular weight excluding hydrogens is 194 g/mol. The summed E-state index contributed by atoms with van der Waals surface area (Å²) in [6.07, 6.45) is 0.551. The van der Waals surface area contributed by atoms with Gasteiger partial charge in [-0.2, -0.15) is 0 Å². The average Bonchev–Trinajstić information content (AvgIpc) is 2.27. The van der Waals surface area contributed by atoms with Gasteiger partial charge in [0.1, 0.15) is 5.75 Å². The monoisotopic (exact) mass is 207 g/mol. The molecule has 0 aliphatic carbocycles. The summed E-state index contributed by atoms with van der Waals surface area (Å²) >= 11 is 0. The summed E-state index contributed by atoms with van der Waals surface area (Å²) in [6, 6.07) is 8.65. The minimum atomic E-state index is -0.641. The van der Waals surface area contributed by atoms with Gasteiger partial charge in [0.15, 0.2) is 0 Å². The van der Waals surface area contributed by atoms with E-state index in [-0.39, 0.29) is 0 Å². The first-order valence-corrected chi connectivity index (χ1v) is 4.76. The zero-order chi connectivity index (χ0) is 11.1. The van der Waals surface area contributed by atoms with Gasteiger partial charge in [0, 0.05) is 6.54 Å². The molecule has 0 radical (unpaired) electrons. The van der Waals surface area contributed by atoms with Crippen molar-refractivity contribution in [2.75, 3.05) is 6.54 Å². The van der Waals surface area contributed by atoms with Gasteiger partial charge in [0.2, 0.25) is 6.41 Å². The van der Waals surface area contributed by atoms with Gasteiger partial charge in [-0.3, -0.25) is 4.79 Å². The molecule has 0 bridgehead atoms. The summed E-state index contributed by atoms with van der Waals surface area (Å²) in [4.78, 5) is 23.0. The number of amides is 2. The predicted octanol–water partition coefficient (Wildman–Crippen LogP) is 2.05. The minimum Gasteiger partial charge on any atom is -0.410 e. The third kappa shape index (κ3) is 3.42. The number of carbonyl (C=O) groups excluding carboxylic acids is 2. The molecule has 80 valence electrons. The largest absolute Gasteiger partial charge is 0.421 e. The summed E-state index contributed by atoms with van der Waals surface area (Å²) in [7, 11) is 0. The zero-order valence-electron chi connectivity index (χ0n) is 8.55. The quantitative estimate of drug-likeness (QED) is 0.710. The standard InChI is InChI=1S/C11H13NO3/c1-2-8-12(9-13)11(14)15-10-6-4-3-5-7-10/h3-7,9H,2,8H2,1H3. The van der Waals surface area contributed by atoms with E-state index in [0.717, 1.165) is 4.90 Å². The maximum atomic E-state index is 11.4. The molecule has 0 aliphatic rings. The lowest BCUT2D eigenvalue weighted by Crippen LogP contribution is -2.32. The van der Waals surface area contributed by atoms with E-state index in [0.29, 0.717) is 25.1 Å². The van der Waals surface area contributed by atoms with Crippen LogP contribution in [0.25, 0.3) is 0 Å². The smallest absolute Gasteiger partial charge is 0.410 e. The van der Waals surface area contributed by atoms with Crippen molar-refractivity contribution in [3.05, 3.63) is 30.3 Å². The summed E-state index contributed by atoms with van der Waals surface area (Å²) in [5, 5.41) is 0. The van der Waals surface area contributed by atoms with Crippen molar-refractivity contribution in [1.29, 1.82) is 0 Å². The summed E-state index contributed by atoms with van der Waals surface area (Å²) in [5.41, 5.74) is 0. The molecule has 1 aromatic carbocycles. The third-order valence-electron chi connectivity index (χ3n) is 1.77. The topological polar surface area (TPSA) is 46.6 Å². The molecule has 4 heteroatoms. The van der Waals surface area contributed by atoms with Crippen LogP contribution in [0.1, 0.15) is 13.3 Å². The molecule has 0 saturated carbocycles. The molecule has 0 heterocycles. The maximum absolute atomic E-state index is 11.4. The van der Waals surface area contributed by atoms with Crippen molar-refractivity contribution in [2.24, 2.45) is 0 Å². The normalized spacial score (nSPS) is 9.40. The predicted molar refractivity (Wildman–Crippen MR) is 55.5 cm³/mol. The molecule has 0 aromatic heterocycles. The lowest BCUT2D eigenvalue weighted by molar-refractivity contribution is -0.116. The summed E-state index contributed by atoms with van der Waals surface area (Å²) in [5.74, 6) is 0.436. The average molecular weight is 207 g/mol. The van der Waals surface area contributed by atoms with Crippen LogP contribution in [0.4, 0.5) is 4.79 Å². The molecule has 0 unspecified atom stereocenters. The number of imide groups is 1. The van der Waals surface area contributed by atoms with Crippen LogP contribution in [0.3, 0.4) is 0 Å². The van der Waals surface area contributed by atoms with Crippen molar-refractivity contribution in [1.82, 2.24) is 4.90 Å². The Morgan fingerprint density at radius 3 is 2.60 bits per heavy atom. The van der Waals surface area contributed by atoms with E-state index in [1.807, 2.05) is 13.0 Å². The Morgan fingerprint density at radius 2 is 2.07 bits per heavy atom. The van der Waals surface area contributed by atoms with Gasteiger partial charge in [-0.1, -0.05) is 25.1 Å². The molecular formula is C11H13NO3. The van der Waals surface area contributed by atoms with Crippen LogP contribution in [-0.2, 0) is 4.79 Å². The number of ether oxygens (including phenoxy) is 1. The first kappa shape index (κ1) is 11.2. The lowest BCUT2D eigenvalue weighted by Gasteiger charge is -2.13. The van der Waals surface area contributed by atoms with Gasteiger partial charge >= 0.3 is 6.09 Å². The fourth-order valence-corrected chi connectivity index (χ4v) is 1.08. The van der Waals surface area contributed by atoms with Crippen LogP contribution in [0, 0.1) is 0 Å². The van der Waals surface area contributed by atoms with Crippen molar-refractivity contribution in [3.63, 3.8) is 0 Å². The summed E-state index contributed by atoms with van der Waals surface area (Å²) < 4.78 is 4.98. The number of para-hydroxylation sites is 1. The van der Waals surface area contributed by atoms with Crippen LogP contribution in [0.5, 0.6) is 5.75 Å². The number of hydrogen-bond acceptors (Lipinski definition) is 3. The van der Waals surface area contributed by atoms with Crippen LogP contribution < -0.4 is 4.74 Å². The number of nitrogens with zero attached hydrogens (tertiary/aromatic N) is 1. The van der Waals surface area contributed by atoms with Gasteiger partial charge in [-0.15, -0.1) is 0 Å². The molecule has 0 N–H and O–H groups in total. The van der Waals surface area contributed by atoms with Gasteiger partial charge in [-0.25, -0.2) is 9.69 Å². The Kier molecular flexibility index (Phi) is 4.34. The van der Waals surface area contributed by atoms with E-state index >= 15 is 0 Å². The fourth-order valence-electron chi connectivity index (χ4n) is 1.08. The molecule has 1 rings (SSSR count). The Balaban J connectivity index is 2.58. The van der Waals surface area contributed by atoms with Crippen LogP contribution in [0.15, 0.2) is 30.3 Å². The van der Waals surface area contributed by atoms with Crippen molar-refractivity contribution in [3.8, 4) is 5.75 Å². The second-order valence-electron chi connectivity index (χ2n) is 2.98. The van der Waals surface area contributed by atoms with Crippen LogP contribution in [0.2, 0.25) is 0 Å². The molecule has 15 heavy (non-hydrogen) atoms. The Morgan fingerprint density at radius 1 is 1.40 bits per heavy atom. The molecule has 1 aromatic rings. The Bertz CT molecular complexity index is 324. The van der Waals surface area contributed by atoms with Crippen LogP contribution >= 0.6 is 0 Å². The first-order valence-electron chi connectivity index (χ1n) is 4.76. The van der Waals surface area contributed by atoms with E-state index in [2.05, 4.69) is 0 Å². The highest BCUT2D eigenvalue weighted by atomic mass is 16.6. The van der Waals surface area contributed by atoms with Crippen LogP contribution in [-0.4, -0.2) is 23.9 Å². The van der Waals surface area contributed by atoms with E-state index in [1.54, 1.807) is 24.3 Å². The highest BCUT2D eigenvalue weighted by molar-refractivity contribution is 5.81. The van der Waals surface area contributed by atoms with Crippen molar-refractivity contribution < 1.29 is 14.3 Å². The highest BCUT2D eigenvalue weighted by Crippen LogP contribution is 2.09. The second kappa shape index (κ2) is 5.80. The van der Waals surface area contributed by atoms with Gasteiger partial charge in [0.05, 0.1) is 0 Å². The molecule has 0 aliphatic heterocycles. The summed E-state index contributed by atoms with van der Waals surface area (Å²) in [6.45, 7) is 2.25. The number of carbonyl (C=O) groups is 2. The molecule has 0 spiro atoms. The molecule has 2 amide bonds. The number of hydrogen-bond donors (Lipinski definition) is 0. The van der Waals surface area contributed by atoms with Crippen molar-refractivity contribution >= 4 is 12.5 Å². The molecule has 4 nitrogen and oxygen atoms in total. The highest BCUT2D eigenvalue weighted by Gasteiger charge is 2.13. The van der Waals surface area contributed by atoms with E-state index in [4.69, 9.17) is 4.74 Å². The maximum Gasteiger partial charge on any atom is 0.421 e. The second-order valence-corrected chi connectivity index (χ2v) is 2.98. The minimum absolute atomic E-state index is 0.370. The molecule has 0 saturated heterocycles. The fraction of sp³-hybridized carbons (Fsp3) is 0.273. The zero-order valence-corrected chi connectivity index (χ0v) is 8.55. The lowest BCUT2D eigenvalue weighted by atomic mass is 10.3. The van der Waals surface area contributed by atoms with E-state index < -0.39 is 6.09 Å². The van der Waals surface area contributed by atoms with Crippen molar-refractivity contribution in [2.45, 2.75) is 13.3 Å². The number of rotatable bonds is 4. The molecule has 0 atom stereocenters. The first-order chi connectivity index (χ1) is 7.27. The number of benzene rings is 1. The Labute approximate surface area is 88.5 Å². The Hall–Kier alpha value is -1.84. The van der Waals surface area contributed by atoms with E-state index in [9.17, 15) is 9.59 Å². The van der Waals surface area contributed by atoms with Gasteiger partial charge in [0.25, 0.3) is 0 Å². The van der Waals surface area contributed by atoms with E-state index in [1.165, 1.54) is 0 Å². The van der Waals surface area contributed by atoms with Gasteiger partial charge < -0.3 is 4.74 Å². The van der Waals surface area contributed by atoms with Gasteiger partial charge in [-0.05, 0) is 18.6 Å². The SMILES string of the molecule is CCCN(C=O)C(=O)Oc1ccccc1. The molecule has 0 fully saturated rings.